The fourth-order valence-corrected chi connectivity index (χ4v) is 2.21. The number of carbonyl (C=O) groups is 1. The van der Waals surface area contributed by atoms with E-state index < -0.39 is 5.97 Å². The maximum Gasteiger partial charge on any atom is 0.376 e. The van der Waals surface area contributed by atoms with Gasteiger partial charge in [0.05, 0.1) is 18.4 Å². The summed E-state index contributed by atoms with van der Waals surface area (Å²) in [5, 5.41) is 0. The number of nitrogens with zero attached hydrogens (tertiary/aromatic N) is 1. The van der Waals surface area contributed by atoms with Crippen molar-refractivity contribution in [1.29, 1.82) is 0 Å². The summed E-state index contributed by atoms with van der Waals surface area (Å²) < 4.78 is 16.3. The Morgan fingerprint density at radius 1 is 1.47 bits per heavy atom. The molecule has 0 N–H and O–H groups in total. The number of aromatic nitrogens is 1. The second kappa shape index (κ2) is 5.74. The molecule has 5 nitrogen and oxygen atoms in total. The highest BCUT2D eigenvalue weighted by Gasteiger charge is 2.31. The number of hydrogen-bond acceptors (Lipinski definition) is 5. The van der Waals surface area contributed by atoms with Crippen LogP contribution in [0.15, 0.2) is 4.42 Å². The van der Waals surface area contributed by atoms with Crippen LogP contribution in [0.5, 0.6) is 0 Å². The van der Waals surface area contributed by atoms with Crippen LogP contribution in [0, 0.1) is 0 Å². The molecule has 19 heavy (non-hydrogen) atoms. The zero-order chi connectivity index (χ0) is 14.0. The van der Waals surface area contributed by atoms with Crippen LogP contribution in [-0.2, 0) is 9.47 Å². The summed E-state index contributed by atoms with van der Waals surface area (Å²) in [5.74, 6) is 0.373. The first-order chi connectivity index (χ1) is 9.02. The molecule has 0 amide bonds. The topological polar surface area (TPSA) is 61.6 Å². The minimum absolute atomic E-state index is 0.107. The van der Waals surface area contributed by atoms with Crippen molar-refractivity contribution < 1.29 is 18.7 Å². The second-order valence-electron chi connectivity index (χ2n) is 5.15. The van der Waals surface area contributed by atoms with E-state index in [1.807, 2.05) is 20.8 Å². The number of esters is 1. The lowest BCUT2D eigenvalue weighted by Gasteiger charge is -2.05. The van der Waals surface area contributed by atoms with Gasteiger partial charge in [-0.3, -0.25) is 0 Å². The quantitative estimate of drug-likeness (QED) is 0.784. The highest BCUT2D eigenvalue weighted by Crippen LogP contribution is 2.34. The maximum atomic E-state index is 11.9. The van der Waals surface area contributed by atoms with Crippen LogP contribution in [0.1, 0.15) is 74.7 Å². The van der Waals surface area contributed by atoms with Gasteiger partial charge in [0.25, 0.3) is 0 Å². The van der Waals surface area contributed by atoms with E-state index in [-0.39, 0.29) is 23.9 Å². The van der Waals surface area contributed by atoms with Gasteiger partial charge in [0.15, 0.2) is 0 Å². The van der Waals surface area contributed by atoms with E-state index in [2.05, 4.69) is 4.98 Å². The Bertz CT molecular complexity index is 452. The van der Waals surface area contributed by atoms with Gasteiger partial charge in [-0.05, 0) is 32.6 Å². The third-order valence-electron chi connectivity index (χ3n) is 3.19. The first-order valence-electron chi connectivity index (χ1n) is 6.86. The zero-order valence-corrected chi connectivity index (χ0v) is 11.9. The van der Waals surface area contributed by atoms with Crippen LogP contribution < -0.4 is 0 Å². The first kappa shape index (κ1) is 14.1. The fourth-order valence-electron chi connectivity index (χ4n) is 2.21. The second-order valence-corrected chi connectivity index (χ2v) is 5.15. The molecule has 1 saturated heterocycles. The molecule has 1 aromatic rings. The van der Waals surface area contributed by atoms with Gasteiger partial charge in [-0.15, -0.1) is 0 Å². The molecule has 0 aliphatic carbocycles. The number of carbonyl (C=O) groups excluding carboxylic acids is 1. The van der Waals surface area contributed by atoms with Crippen molar-refractivity contribution >= 4 is 5.97 Å². The monoisotopic (exact) mass is 267 g/mol. The third-order valence-corrected chi connectivity index (χ3v) is 3.19. The molecule has 5 heteroatoms. The van der Waals surface area contributed by atoms with Gasteiger partial charge in [0, 0.05) is 0 Å². The molecule has 0 radical (unpaired) electrons. The molecular weight excluding hydrogens is 246 g/mol. The largest absolute Gasteiger partial charge is 0.460 e. The summed E-state index contributed by atoms with van der Waals surface area (Å²) in [6.45, 7) is 8.07. The lowest BCUT2D eigenvalue weighted by molar-refractivity contribution is 0.0348. The molecule has 1 aromatic heterocycles. The molecule has 1 aliphatic heterocycles. The van der Waals surface area contributed by atoms with Crippen LogP contribution in [0.25, 0.3) is 0 Å². The average Bonchev–Trinajstić information content (AvgIpc) is 2.94. The van der Waals surface area contributed by atoms with Gasteiger partial charge in [-0.25, -0.2) is 9.78 Å². The molecule has 1 aliphatic rings. The molecule has 1 fully saturated rings. The van der Waals surface area contributed by atoms with Crippen LogP contribution in [-0.4, -0.2) is 23.7 Å². The molecule has 2 rings (SSSR count). The van der Waals surface area contributed by atoms with Gasteiger partial charge in [0.2, 0.25) is 11.7 Å². The van der Waals surface area contributed by atoms with Crippen LogP contribution >= 0.6 is 0 Å². The molecule has 2 heterocycles. The molecule has 2 unspecified atom stereocenters. The van der Waals surface area contributed by atoms with E-state index in [4.69, 9.17) is 13.9 Å². The lowest BCUT2D eigenvalue weighted by Crippen LogP contribution is -2.07. The highest BCUT2D eigenvalue weighted by molar-refractivity contribution is 5.87. The standard InChI is InChI=1S/C14H21NO4/c1-5-17-14(16)12-11(8(2)3)15-13(19-12)10-7-6-9(4)18-10/h8-10H,5-7H2,1-4H3. The molecule has 0 aromatic carbocycles. The Morgan fingerprint density at radius 2 is 2.21 bits per heavy atom. The Morgan fingerprint density at radius 3 is 2.74 bits per heavy atom. The summed E-state index contributed by atoms with van der Waals surface area (Å²) >= 11 is 0. The van der Waals surface area contributed by atoms with Crippen molar-refractivity contribution in [3.05, 3.63) is 17.3 Å². The number of ether oxygens (including phenoxy) is 2. The number of hydrogen-bond donors (Lipinski definition) is 0. The van der Waals surface area contributed by atoms with Crippen molar-refractivity contribution in [3.8, 4) is 0 Å². The van der Waals surface area contributed by atoms with Gasteiger partial charge in [-0.2, -0.15) is 0 Å². The fraction of sp³-hybridized carbons (Fsp3) is 0.714. The Hall–Kier alpha value is -1.36. The zero-order valence-electron chi connectivity index (χ0n) is 11.9. The van der Waals surface area contributed by atoms with Crippen LogP contribution in [0.2, 0.25) is 0 Å². The van der Waals surface area contributed by atoms with Crippen LogP contribution in [0.4, 0.5) is 0 Å². The molecule has 0 bridgehead atoms. The van der Waals surface area contributed by atoms with Crippen molar-refractivity contribution in [2.75, 3.05) is 6.61 Å². The van der Waals surface area contributed by atoms with Gasteiger partial charge in [0.1, 0.15) is 6.10 Å². The minimum Gasteiger partial charge on any atom is -0.460 e. The lowest BCUT2D eigenvalue weighted by atomic mass is 10.1. The number of oxazole rings is 1. The van der Waals surface area contributed by atoms with E-state index in [0.717, 1.165) is 12.8 Å². The number of rotatable bonds is 4. The van der Waals surface area contributed by atoms with E-state index in [1.165, 1.54) is 0 Å². The summed E-state index contributed by atoms with van der Waals surface area (Å²) in [5.41, 5.74) is 0.650. The Kier molecular flexibility index (Phi) is 4.24. The van der Waals surface area contributed by atoms with E-state index in [0.29, 0.717) is 18.2 Å². The third kappa shape index (κ3) is 2.97. The van der Waals surface area contributed by atoms with Crippen molar-refractivity contribution in [3.63, 3.8) is 0 Å². The molecule has 0 saturated carbocycles. The molecule has 2 atom stereocenters. The van der Waals surface area contributed by atoms with Crippen molar-refractivity contribution in [1.82, 2.24) is 4.98 Å². The maximum absolute atomic E-state index is 11.9. The van der Waals surface area contributed by atoms with Gasteiger partial charge in [-0.1, -0.05) is 13.8 Å². The Balaban J connectivity index is 2.27. The summed E-state index contributed by atoms with van der Waals surface area (Å²) in [7, 11) is 0. The highest BCUT2D eigenvalue weighted by atomic mass is 16.5. The first-order valence-corrected chi connectivity index (χ1v) is 6.86. The van der Waals surface area contributed by atoms with E-state index >= 15 is 0 Å². The normalized spacial score (nSPS) is 23.0. The smallest absolute Gasteiger partial charge is 0.376 e. The SMILES string of the molecule is CCOC(=O)c1oc(C2CCC(C)O2)nc1C(C)C. The molecule has 0 spiro atoms. The van der Waals surface area contributed by atoms with Crippen molar-refractivity contribution in [2.24, 2.45) is 0 Å². The molecule has 106 valence electrons. The summed E-state index contributed by atoms with van der Waals surface area (Å²) in [6.07, 6.45) is 1.93. The summed E-state index contributed by atoms with van der Waals surface area (Å²) in [4.78, 5) is 16.3. The van der Waals surface area contributed by atoms with E-state index in [9.17, 15) is 4.79 Å². The van der Waals surface area contributed by atoms with Crippen molar-refractivity contribution in [2.45, 2.75) is 58.7 Å². The van der Waals surface area contributed by atoms with Gasteiger partial charge >= 0.3 is 5.97 Å². The Labute approximate surface area is 113 Å². The minimum atomic E-state index is -0.448. The summed E-state index contributed by atoms with van der Waals surface area (Å²) in [6, 6.07) is 0. The van der Waals surface area contributed by atoms with Crippen LogP contribution in [0.3, 0.4) is 0 Å². The van der Waals surface area contributed by atoms with Gasteiger partial charge < -0.3 is 13.9 Å². The van der Waals surface area contributed by atoms with E-state index in [1.54, 1.807) is 6.92 Å². The average molecular weight is 267 g/mol. The predicted molar refractivity (Wildman–Crippen MR) is 69.1 cm³/mol. The predicted octanol–water partition coefficient (Wildman–Crippen LogP) is 3.21. The molecular formula is C14H21NO4.